The van der Waals surface area contributed by atoms with Crippen LogP contribution in [0.25, 0.3) is 0 Å². The second kappa shape index (κ2) is 10.8. The van der Waals surface area contributed by atoms with E-state index in [4.69, 9.17) is 13.7 Å². The third-order valence-corrected chi connectivity index (χ3v) is 4.93. The highest BCUT2D eigenvalue weighted by Crippen LogP contribution is 2.17. The van der Waals surface area contributed by atoms with Crippen LogP contribution in [-0.4, -0.2) is 58.5 Å². The van der Waals surface area contributed by atoms with E-state index in [2.05, 4.69) is 0 Å². The molecule has 0 aliphatic carbocycles. The summed E-state index contributed by atoms with van der Waals surface area (Å²) in [6, 6.07) is 6.41. The summed E-state index contributed by atoms with van der Waals surface area (Å²) in [6.45, 7) is 1.45. The molecule has 0 spiro atoms. The molecule has 8 heteroatoms. The molecule has 0 unspecified atom stereocenters. The van der Waals surface area contributed by atoms with Crippen molar-refractivity contribution in [2.75, 3.05) is 33.7 Å². The van der Waals surface area contributed by atoms with Gasteiger partial charge in [-0.15, -0.1) is 0 Å². The Hall–Kier alpha value is -1.03. The van der Waals surface area contributed by atoms with Gasteiger partial charge in [0.15, 0.2) is 0 Å². The van der Waals surface area contributed by atoms with Crippen LogP contribution < -0.4 is 0 Å². The molecular formula is C16H26O7S. The van der Waals surface area contributed by atoms with Crippen LogP contribution in [0.3, 0.4) is 0 Å². The highest BCUT2D eigenvalue weighted by Gasteiger charge is 2.21. The van der Waals surface area contributed by atoms with E-state index in [9.17, 15) is 18.6 Å². The minimum atomic E-state index is -3.78. The minimum absolute atomic E-state index is 0.00483. The maximum atomic E-state index is 12.0. The molecule has 0 aliphatic rings. The lowest BCUT2D eigenvalue weighted by molar-refractivity contribution is -0.115. The Kier molecular flexibility index (Phi) is 9.42. The minimum Gasteiger partial charge on any atom is -0.396 e. The average molecular weight is 362 g/mol. The van der Waals surface area contributed by atoms with E-state index in [0.717, 1.165) is 5.56 Å². The summed E-state index contributed by atoms with van der Waals surface area (Å²) in [4.78, 5) is 0.114. The maximum absolute atomic E-state index is 12.0. The Balaban J connectivity index is 2.46. The molecule has 0 fully saturated rings. The van der Waals surface area contributed by atoms with Gasteiger partial charge in [0.2, 0.25) is 0 Å². The largest absolute Gasteiger partial charge is 0.396 e. The third-order valence-electron chi connectivity index (χ3n) is 3.61. The summed E-state index contributed by atoms with van der Waals surface area (Å²) in [5.41, 5.74) is 0.964. The Morgan fingerprint density at radius 1 is 1.12 bits per heavy atom. The van der Waals surface area contributed by atoms with Gasteiger partial charge in [0, 0.05) is 19.6 Å². The molecule has 1 aromatic carbocycles. The van der Waals surface area contributed by atoms with Crippen LogP contribution >= 0.6 is 0 Å². The van der Waals surface area contributed by atoms with Crippen molar-refractivity contribution in [3.63, 3.8) is 0 Å². The summed E-state index contributed by atoms with van der Waals surface area (Å²) in [7, 11) is -2.32. The van der Waals surface area contributed by atoms with E-state index < -0.39 is 16.2 Å². The van der Waals surface area contributed by atoms with E-state index in [1.807, 2.05) is 6.92 Å². The van der Waals surface area contributed by atoms with Crippen LogP contribution in [0.4, 0.5) is 0 Å². The van der Waals surface area contributed by atoms with Gasteiger partial charge < -0.3 is 19.7 Å². The SMILES string of the molecule is COCO[C@H](CO)[C@H](CO)CCCOS(=O)(=O)c1ccc(C)cc1. The van der Waals surface area contributed by atoms with E-state index in [1.54, 1.807) is 12.1 Å². The predicted molar refractivity (Wildman–Crippen MR) is 88.0 cm³/mol. The van der Waals surface area contributed by atoms with Crippen LogP contribution in [0.5, 0.6) is 0 Å². The lowest BCUT2D eigenvalue weighted by atomic mass is 9.98. The van der Waals surface area contributed by atoms with Crippen molar-refractivity contribution in [3.05, 3.63) is 29.8 Å². The summed E-state index contributed by atoms with van der Waals surface area (Å²) < 4.78 is 39.1. The van der Waals surface area contributed by atoms with E-state index in [0.29, 0.717) is 12.8 Å². The Labute approximate surface area is 143 Å². The van der Waals surface area contributed by atoms with Crippen molar-refractivity contribution >= 4 is 10.1 Å². The van der Waals surface area contributed by atoms with Gasteiger partial charge >= 0.3 is 0 Å². The molecule has 0 saturated carbocycles. The smallest absolute Gasteiger partial charge is 0.296 e. The zero-order chi connectivity index (χ0) is 18.0. The molecule has 2 N–H and O–H groups in total. The van der Waals surface area contributed by atoms with Gasteiger partial charge in [-0.3, -0.25) is 4.18 Å². The molecule has 0 radical (unpaired) electrons. The zero-order valence-corrected chi connectivity index (χ0v) is 14.9. The van der Waals surface area contributed by atoms with Crippen LogP contribution in [0, 0.1) is 12.8 Å². The fraction of sp³-hybridized carbons (Fsp3) is 0.625. The third kappa shape index (κ3) is 6.84. The lowest BCUT2D eigenvalue weighted by Crippen LogP contribution is -2.31. The van der Waals surface area contributed by atoms with E-state index in [1.165, 1.54) is 19.2 Å². The average Bonchev–Trinajstić information content (AvgIpc) is 2.57. The van der Waals surface area contributed by atoms with Gasteiger partial charge in [0.25, 0.3) is 10.1 Å². The number of benzene rings is 1. The number of aryl methyl sites for hydroxylation is 1. The predicted octanol–water partition coefficient (Wildman–Crippen LogP) is 1.07. The molecule has 1 aromatic rings. The van der Waals surface area contributed by atoms with Crippen molar-refractivity contribution < 1.29 is 32.3 Å². The Morgan fingerprint density at radius 2 is 1.79 bits per heavy atom. The summed E-state index contributed by atoms with van der Waals surface area (Å²) in [5.74, 6) is -0.323. The normalized spacial score (nSPS) is 14.5. The van der Waals surface area contributed by atoms with Crippen LogP contribution in [0.2, 0.25) is 0 Å². The summed E-state index contributed by atoms with van der Waals surface area (Å²) in [5, 5.41) is 18.7. The van der Waals surface area contributed by atoms with Crippen LogP contribution in [0.15, 0.2) is 29.2 Å². The maximum Gasteiger partial charge on any atom is 0.296 e. The van der Waals surface area contributed by atoms with Crippen molar-refractivity contribution in [3.8, 4) is 0 Å². The van der Waals surface area contributed by atoms with Gasteiger partial charge in [-0.05, 0) is 31.9 Å². The lowest BCUT2D eigenvalue weighted by Gasteiger charge is -2.23. The fourth-order valence-corrected chi connectivity index (χ4v) is 3.12. The molecule has 7 nitrogen and oxygen atoms in total. The van der Waals surface area contributed by atoms with Crippen LogP contribution in [-0.2, 0) is 23.8 Å². The number of ether oxygens (including phenoxy) is 2. The molecule has 0 aliphatic heterocycles. The number of hydrogen-bond acceptors (Lipinski definition) is 7. The molecule has 1 rings (SSSR count). The van der Waals surface area contributed by atoms with Crippen molar-refractivity contribution in [2.24, 2.45) is 5.92 Å². The molecule has 138 valence electrons. The van der Waals surface area contributed by atoms with Crippen molar-refractivity contribution in [1.29, 1.82) is 0 Å². The molecule has 2 atom stereocenters. The van der Waals surface area contributed by atoms with Gasteiger partial charge in [-0.25, -0.2) is 0 Å². The first-order valence-corrected chi connectivity index (χ1v) is 9.13. The zero-order valence-electron chi connectivity index (χ0n) is 14.1. The van der Waals surface area contributed by atoms with Gasteiger partial charge in [-0.2, -0.15) is 8.42 Å². The second-order valence-corrected chi connectivity index (χ2v) is 7.08. The number of hydrogen-bond donors (Lipinski definition) is 2. The summed E-state index contributed by atoms with van der Waals surface area (Å²) in [6.07, 6.45) is 0.293. The van der Waals surface area contributed by atoms with Crippen molar-refractivity contribution in [1.82, 2.24) is 0 Å². The Morgan fingerprint density at radius 3 is 2.33 bits per heavy atom. The van der Waals surface area contributed by atoms with Gasteiger partial charge in [0.1, 0.15) is 6.79 Å². The van der Waals surface area contributed by atoms with E-state index in [-0.39, 0.29) is 37.4 Å². The monoisotopic (exact) mass is 362 g/mol. The number of rotatable bonds is 12. The number of aliphatic hydroxyl groups is 2. The molecular weight excluding hydrogens is 336 g/mol. The standard InChI is InChI=1S/C16H26O7S/c1-13-5-7-15(8-6-13)24(19,20)23-9-3-4-14(10-17)16(11-18)22-12-21-2/h5-8,14,16-18H,3-4,9-12H2,1-2H3/t14-,16+/m0/s1. The van der Waals surface area contributed by atoms with Gasteiger partial charge in [0.05, 0.1) is 24.2 Å². The van der Waals surface area contributed by atoms with E-state index >= 15 is 0 Å². The Bertz CT molecular complexity index is 556. The summed E-state index contributed by atoms with van der Waals surface area (Å²) >= 11 is 0. The molecule has 0 bridgehead atoms. The molecule has 0 saturated heterocycles. The van der Waals surface area contributed by atoms with Crippen molar-refractivity contribution in [2.45, 2.75) is 30.8 Å². The molecule has 24 heavy (non-hydrogen) atoms. The topological polar surface area (TPSA) is 102 Å². The fourth-order valence-electron chi connectivity index (χ4n) is 2.18. The highest BCUT2D eigenvalue weighted by atomic mass is 32.2. The second-order valence-electron chi connectivity index (χ2n) is 5.47. The first-order chi connectivity index (χ1) is 11.4. The quantitative estimate of drug-likeness (QED) is 0.326. The first-order valence-electron chi connectivity index (χ1n) is 7.73. The molecule has 0 aromatic heterocycles. The number of aliphatic hydroxyl groups excluding tert-OH is 2. The molecule has 0 amide bonds. The van der Waals surface area contributed by atoms with Crippen LogP contribution in [0.1, 0.15) is 18.4 Å². The highest BCUT2D eigenvalue weighted by molar-refractivity contribution is 7.86. The van der Waals surface area contributed by atoms with Gasteiger partial charge in [-0.1, -0.05) is 17.7 Å². The number of methoxy groups -OCH3 is 1. The molecule has 0 heterocycles. The first kappa shape index (κ1) is 21.0.